The van der Waals surface area contributed by atoms with Gasteiger partial charge in [0.2, 0.25) is 0 Å². The van der Waals surface area contributed by atoms with Gasteiger partial charge in [-0.05, 0) is 30.7 Å². The van der Waals surface area contributed by atoms with Crippen LogP contribution in [0.15, 0.2) is 48.5 Å². The van der Waals surface area contributed by atoms with Crippen molar-refractivity contribution in [1.29, 1.82) is 5.26 Å². The standard InChI is InChI=1S/C16H12N2O4/c1-11(13-5-3-7-15(9-13)18(20)21)22-16(19)14-6-2-4-12(8-14)10-17/h2-9,11H,1H3/t11-/m1/s1. The van der Waals surface area contributed by atoms with Gasteiger partial charge in [-0.15, -0.1) is 0 Å². The molecule has 0 bridgehead atoms. The molecule has 0 aliphatic heterocycles. The maximum atomic E-state index is 12.0. The number of nitriles is 1. The van der Waals surface area contributed by atoms with Crippen molar-refractivity contribution in [2.24, 2.45) is 0 Å². The van der Waals surface area contributed by atoms with Gasteiger partial charge in [-0.25, -0.2) is 4.79 Å². The van der Waals surface area contributed by atoms with Gasteiger partial charge >= 0.3 is 5.97 Å². The minimum absolute atomic E-state index is 0.0631. The number of hydrogen-bond donors (Lipinski definition) is 0. The van der Waals surface area contributed by atoms with Crippen molar-refractivity contribution < 1.29 is 14.5 Å². The van der Waals surface area contributed by atoms with Crippen LogP contribution in [0.1, 0.15) is 34.5 Å². The van der Waals surface area contributed by atoms with E-state index in [4.69, 9.17) is 10.00 Å². The molecule has 0 aromatic heterocycles. The zero-order valence-electron chi connectivity index (χ0n) is 11.7. The van der Waals surface area contributed by atoms with Gasteiger partial charge in [0, 0.05) is 12.1 Å². The van der Waals surface area contributed by atoms with Crippen LogP contribution < -0.4 is 0 Å². The summed E-state index contributed by atoms with van der Waals surface area (Å²) in [7, 11) is 0. The molecule has 0 heterocycles. The molecule has 2 aromatic carbocycles. The third-order valence-corrected chi connectivity index (χ3v) is 3.06. The summed E-state index contributed by atoms with van der Waals surface area (Å²) in [6.07, 6.45) is -0.641. The molecule has 2 aromatic rings. The molecule has 0 saturated carbocycles. The summed E-state index contributed by atoms with van der Waals surface area (Å²) in [4.78, 5) is 22.3. The fourth-order valence-corrected chi connectivity index (χ4v) is 1.90. The average Bonchev–Trinajstić information content (AvgIpc) is 2.54. The maximum absolute atomic E-state index is 12.0. The fraction of sp³-hybridized carbons (Fsp3) is 0.125. The Bertz CT molecular complexity index is 765. The highest BCUT2D eigenvalue weighted by atomic mass is 16.6. The van der Waals surface area contributed by atoms with Crippen molar-refractivity contribution in [1.82, 2.24) is 0 Å². The lowest BCUT2D eigenvalue weighted by Crippen LogP contribution is -2.09. The van der Waals surface area contributed by atoms with E-state index in [1.807, 2.05) is 6.07 Å². The number of hydrogen-bond acceptors (Lipinski definition) is 5. The molecule has 6 nitrogen and oxygen atoms in total. The molecule has 0 spiro atoms. The summed E-state index contributed by atoms with van der Waals surface area (Å²) in [5, 5.41) is 19.6. The van der Waals surface area contributed by atoms with Gasteiger partial charge in [-0.3, -0.25) is 10.1 Å². The van der Waals surface area contributed by atoms with Crippen LogP contribution in [-0.4, -0.2) is 10.9 Å². The van der Waals surface area contributed by atoms with Gasteiger partial charge in [0.15, 0.2) is 0 Å². The molecule has 0 saturated heterocycles. The molecule has 0 amide bonds. The topological polar surface area (TPSA) is 93.2 Å². The van der Waals surface area contributed by atoms with E-state index >= 15 is 0 Å². The molecule has 6 heteroatoms. The first-order chi connectivity index (χ1) is 10.5. The minimum atomic E-state index is -0.641. The molecule has 1 atom stereocenters. The van der Waals surface area contributed by atoms with E-state index < -0.39 is 17.0 Å². The quantitative estimate of drug-likeness (QED) is 0.489. The molecule has 0 fully saturated rings. The molecule has 22 heavy (non-hydrogen) atoms. The molecular weight excluding hydrogens is 284 g/mol. The lowest BCUT2D eigenvalue weighted by atomic mass is 10.1. The lowest BCUT2D eigenvalue weighted by molar-refractivity contribution is -0.385. The van der Waals surface area contributed by atoms with E-state index in [-0.39, 0.29) is 11.3 Å². The highest BCUT2D eigenvalue weighted by Gasteiger charge is 2.16. The van der Waals surface area contributed by atoms with Crippen molar-refractivity contribution >= 4 is 11.7 Å². The molecule has 0 radical (unpaired) electrons. The maximum Gasteiger partial charge on any atom is 0.338 e. The Labute approximate surface area is 126 Å². The van der Waals surface area contributed by atoms with Crippen LogP contribution in [0.25, 0.3) is 0 Å². The van der Waals surface area contributed by atoms with Gasteiger partial charge < -0.3 is 4.74 Å². The third kappa shape index (κ3) is 3.46. The summed E-state index contributed by atoms with van der Waals surface area (Å²) < 4.78 is 5.29. The van der Waals surface area contributed by atoms with Crippen molar-refractivity contribution in [3.8, 4) is 6.07 Å². The Hall–Kier alpha value is -3.20. The number of ether oxygens (including phenoxy) is 1. The molecule has 0 aliphatic carbocycles. The predicted molar refractivity (Wildman–Crippen MR) is 78.1 cm³/mol. The van der Waals surface area contributed by atoms with E-state index in [9.17, 15) is 14.9 Å². The highest BCUT2D eigenvalue weighted by Crippen LogP contribution is 2.22. The Morgan fingerprint density at radius 3 is 2.68 bits per heavy atom. The second-order valence-corrected chi connectivity index (χ2v) is 4.59. The third-order valence-electron chi connectivity index (χ3n) is 3.06. The van der Waals surface area contributed by atoms with E-state index in [2.05, 4.69) is 0 Å². The van der Waals surface area contributed by atoms with E-state index in [0.29, 0.717) is 11.1 Å². The smallest absolute Gasteiger partial charge is 0.338 e. The second kappa shape index (κ2) is 6.50. The predicted octanol–water partition coefficient (Wildman–Crippen LogP) is 3.38. The highest BCUT2D eigenvalue weighted by molar-refractivity contribution is 5.90. The molecule has 0 N–H and O–H groups in total. The van der Waals surface area contributed by atoms with Crippen molar-refractivity contribution in [3.63, 3.8) is 0 Å². The lowest BCUT2D eigenvalue weighted by Gasteiger charge is -2.13. The number of nitro benzene ring substituents is 1. The van der Waals surface area contributed by atoms with Crippen molar-refractivity contribution in [3.05, 3.63) is 75.3 Å². The number of carbonyl (C=O) groups excluding carboxylic acids is 1. The first kappa shape index (κ1) is 15.2. The van der Waals surface area contributed by atoms with E-state index in [1.165, 1.54) is 24.3 Å². The number of benzene rings is 2. The fourth-order valence-electron chi connectivity index (χ4n) is 1.90. The van der Waals surface area contributed by atoms with Crippen LogP contribution in [0.5, 0.6) is 0 Å². The second-order valence-electron chi connectivity index (χ2n) is 4.59. The largest absolute Gasteiger partial charge is 0.454 e. The number of rotatable bonds is 4. The Balaban J connectivity index is 2.16. The first-order valence-electron chi connectivity index (χ1n) is 6.47. The average molecular weight is 296 g/mol. The monoisotopic (exact) mass is 296 g/mol. The number of nitrogens with zero attached hydrogens (tertiary/aromatic N) is 2. The van der Waals surface area contributed by atoms with Crippen LogP contribution in [-0.2, 0) is 4.74 Å². The molecule has 0 unspecified atom stereocenters. The number of nitro groups is 1. The van der Waals surface area contributed by atoms with E-state index in [0.717, 1.165) is 0 Å². The van der Waals surface area contributed by atoms with Crippen molar-refractivity contribution in [2.45, 2.75) is 13.0 Å². The minimum Gasteiger partial charge on any atom is -0.454 e. The van der Waals surface area contributed by atoms with Gasteiger partial charge in [-0.1, -0.05) is 18.2 Å². The normalized spacial score (nSPS) is 11.3. The number of non-ortho nitro benzene ring substituents is 1. The molecule has 2 rings (SSSR count). The summed E-state index contributed by atoms with van der Waals surface area (Å²) in [5.74, 6) is -0.587. The Kier molecular flexibility index (Phi) is 4.49. The van der Waals surface area contributed by atoms with Gasteiger partial charge in [-0.2, -0.15) is 5.26 Å². The summed E-state index contributed by atoms with van der Waals surface area (Å²) in [6, 6.07) is 14.0. The van der Waals surface area contributed by atoms with Crippen LogP contribution >= 0.6 is 0 Å². The van der Waals surface area contributed by atoms with Crippen LogP contribution in [0.4, 0.5) is 5.69 Å². The summed E-state index contributed by atoms with van der Waals surface area (Å²) >= 11 is 0. The molecular formula is C16H12N2O4. The Morgan fingerprint density at radius 2 is 2.00 bits per heavy atom. The number of esters is 1. The van der Waals surface area contributed by atoms with Crippen molar-refractivity contribution in [2.75, 3.05) is 0 Å². The van der Waals surface area contributed by atoms with Gasteiger partial charge in [0.1, 0.15) is 6.10 Å². The zero-order valence-corrected chi connectivity index (χ0v) is 11.7. The van der Waals surface area contributed by atoms with Crippen LogP contribution in [0, 0.1) is 21.4 Å². The van der Waals surface area contributed by atoms with Crippen LogP contribution in [0.3, 0.4) is 0 Å². The van der Waals surface area contributed by atoms with E-state index in [1.54, 1.807) is 31.2 Å². The summed E-state index contributed by atoms with van der Waals surface area (Å²) in [6.45, 7) is 1.63. The zero-order chi connectivity index (χ0) is 16.1. The van der Waals surface area contributed by atoms with Crippen LogP contribution in [0.2, 0.25) is 0 Å². The first-order valence-corrected chi connectivity index (χ1v) is 6.47. The SMILES string of the molecule is C[C@@H](OC(=O)c1cccc(C#N)c1)c1cccc([N+](=O)[O-])c1. The van der Waals surface area contributed by atoms with Gasteiger partial charge in [0.05, 0.1) is 22.1 Å². The molecule has 110 valence electrons. The molecule has 0 aliphatic rings. The summed E-state index contributed by atoms with van der Waals surface area (Å²) in [5.41, 5.74) is 1.08. The van der Waals surface area contributed by atoms with Gasteiger partial charge in [0.25, 0.3) is 5.69 Å². The Morgan fingerprint density at radius 1 is 1.27 bits per heavy atom. The number of carbonyl (C=O) groups is 1.